The Balaban J connectivity index is 0.000000146. The molecule has 8 rings (SSSR count). The molecule has 256 valence electrons. The van der Waals surface area contributed by atoms with E-state index in [0.29, 0.717) is 13.2 Å². The van der Waals surface area contributed by atoms with Crippen LogP contribution in [0.15, 0.2) is 120 Å². The summed E-state index contributed by atoms with van der Waals surface area (Å²) < 4.78 is 10.8. The normalized spacial score (nSPS) is 14.6. The van der Waals surface area contributed by atoms with Crippen LogP contribution < -0.4 is 30.7 Å². The minimum absolute atomic E-state index is 0. The number of nitrogens with one attached hydrogen (secondary N) is 4. The predicted octanol–water partition coefficient (Wildman–Crippen LogP) is 10.1. The molecule has 0 radical (unpaired) electrons. The summed E-state index contributed by atoms with van der Waals surface area (Å²) in [5.41, 5.74) is 10.6. The molecule has 49 heavy (non-hydrogen) atoms. The Hall–Kier alpha value is -4.80. The second-order valence-electron chi connectivity index (χ2n) is 11.7. The molecule has 0 saturated carbocycles. The van der Waals surface area contributed by atoms with Crippen molar-refractivity contribution in [3.63, 3.8) is 0 Å². The maximum absolute atomic E-state index is 5.43. The van der Waals surface area contributed by atoms with Crippen molar-refractivity contribution < 1.29 is 9.47 Å². The number of benzene rings is 2. The Kier molecular flexibility index (Phi) is 12.9. The molecule has 0 unspecified atom stereocenters. The molecule has 6 heterocycles. The van der Waals surface area contributed by atoms with Crippen LogP contribution in [0.25, 0.3) is 0 Å². The van der Waals surface area contributed by atoms with Crippen LogP contribution in [0.2, 0.25) is 0 Å². The van der Waals surface area contributed by atoms with Gasteiger partial charge in [0.2, 0.25) is 0 Å². The Labute approximate surface area is 299 Å². The number of fused-ring (bicyclic) bond motifs is 4. The third kappa shape index (κ3) is 10.6. The summed E-state index contributed by atoms with van der Waals surface area (Å²) in [5.74, 6) is 5.36. The van der Waals surface area contributed by atoms with Gasteiger partial charge in [0.1, 0.15) is 24.8 Å². The van der Waals surface area contributed by atoms with Gasteiger partial charge in [-0.25, -0.2) is 9.97 Å². The Morgan fingerprint density at radius 1 is 0.551 bits per heavy atom. The lowest BCUT2D eigenvalue weighted by Gasteiger charge is -2.20. The molecule has 0 atom stereocenters. The van der Waals surface area contributed by atoms with Gasteiger partial charge in [-0.15, -0.1) is 23.5 Å². The molecule has 2 aromatic carbocycles. The number of aromatic nitrogens is 2. The molecule has 4 aliphatic heterocycles. The molecule has 4 aromatic rings. The van der Waals surface area contributed by atoms with E-state index in [1.165, 1.54) is 26.6 Å². The van der Waals surface area contributed by atoms with Gasteiger partial charge >= 0.3 is 0 Å². The Morgan fingerprint density at radius 3 is 1.78 bits per heavy atom. The number of thioether (sulfide) groups is 2. The molecular formula is C39H46N6O2S2. The van der Waals surface area contributed by atoms with Crippen LogP contribution in [-0.2, 0) is 0 Å². The molecule has 4 N–H and O–H groups in total. The van der Waals surface area contributed by atoms with Crippen molar-refractivity contribution in [1.82, 2.24) is 9.97 Å². The second kappa shape index (κ2) is 17.0. The first kappa shape index (κ1) is 37.0. The fraction of sp³-hybridized carbons (Fsp3) is 0.231. The van der Waals surface area contributed by atoms with Crippen molar-refractivity contribution in [1.29, 1.82) is 0 Å². The van der Waals surface area contributed by atoms with Gasteiger partial charge in [0.05, 0.1) is 16.3 Å². The van der Waals surface area contributed by atoms with E-state index in [0.717, 1.165) is 74.5 Å². The third-order valence-corrected chi connectivity index (χ3v) is 9.38. The van der Waals surface area contributed by atoms with E-state index in [9.17, 15) is 0 Å². The molecule has 0 aliphatic carbocycles. The zero-order valence-corrected chi connectivity index (χ0v) is 29.6. The lowest BCUT2D eigenvalue weighted by atomic mass is 10.2. The number of anilines is 4. The first-order valence-corrected chi connectivity index (χ1v) is 17.5. The van der Waals surface area contributed by atoms with E-state index in [4.69, 9.17) is 9.47 Å². The van der Waals surface area contributed by atoms with Crippen molar-refractivity contribution in [3.8, 4) is 11.5 Å². The minimum atomic E-state index is 0. The van der Waals surface area contributed by atoms with Crippen LogP contribution >= 0.6 is 23.5 Å². The summed E-state index contributed by atoms with van der Waals surface area (Å²) in [6, 6.07) is 20.5. The highest BCUT2D eigenvalue weighted by atomic mass is 32.2. The summed E-state index contributed by atoms with van der Waals surface area (Å²) in [6.45, 7) is 24.5. The molecule has 0 saturated heterocycles. The smallest absolute Gasteiger partial charge is 0.173 e. The maximum Gasteiger partial charge on any atom is 0.173 e. The van der Waals surface area contributed by atoms with Crippen molar-refractivity contribution in [3.05, 3.63) is 132 Å². The molecule has 0 bridgehead atoms. The van der Waals surface area contributed by atoms with Crippen LogP contribution in [-0.4, -0.2) is 34.7 Å². The highest BCUT2D eigenvalue weighted by molar-refractivity contribution is 8.00. The summed E-state index contributed by atoms with van der Waals surface area (Å²) in [6.07, 6.45) is 0. The van der Waals surface area contributed by atoms with Crippen LogP contribution in [0.1, 0.15) is 29.9 Å². The van der Waals surface area contributed by atoms with E-state index < -0.39 is 0 Å². The summed E-state index contributed by atoms with van der Waals surface area (Å²) in [4.78, 5) is 11.2. The fourth-order valence-corrected chi connectivity index (χ4v) is 6.39. The summed E-state index contributed by atoms with van der Waals surface area (Å²) >= 11 is 3.62. The average molecular weight is 695 g/mol. The standard InChI is InChI=1S/C10H11NO.C10H11NS.C9H10N2O.C9H10N2S.CH4/c2*1-7-3-4-10-9(5-7)11-8(2)6-12-10;2*1-6-3-4-8-9(10-6)11-7(2)5-12-8;/h2*3-5,11H,2,6H2,1H3;2*3-4H,2,5H2,1H3,(H,10,11);1H4. The van der Waals surface area contributed by atoms with Gasteiger partial charge in [-0.3, -0.25) is 0 Å². The molecule has 0 spiro atoms. The van der Waals surface area contributed by atoms with Crippen LogP contribution in [0.5, 0.6) is 11.5 Å². The predicted molar refractivity (Wildman–Crippen MR) is 211 cm³/mol. The number of hydrogen-bond donors (Lipinski definition) is 4. The van der Waals surface area contributed by atoms with Crippen LogP contribution in [0.3, 0.4) is 0 Å². The van der Waals surface area contributed by atoms with Crippen LogP contribution in [0, 0.1) is 27.7 Å². The summed E-state index contributed by atoms with van der Waals surface area (Å²) in [5, 5.41) is 12.7. The van der Waals surface area contributed by atoms with Gasteiger partial charge in [-0.1, -0.05) is 45.9 Å². The quantitative estimate of drug-likeness (QED) is 0.143. The van der Waals surface area contributed by atoms with Crippen molar-refractivity contribution in [2.24, 2.45) is 0 Å². The van der Waals surface area contributed by atoms with Gasteiger partial charge in [-0.2, -0.15) is 0 Å². The first-order chi connectivity index (χ1) is 23.0. The summed E-state index contributed by atoms with van der Waals surface area (Å²) in [7, 11) is 0. The number of aryl methyl sites for hydroxylation is 4. The van der Waals surface area contributed by atoms with Gasteiger partial charge in [0.25, 0.3) is 0 Å². The number of ether oxygens (including phenoxy) is 2. The molecule has 0 amide bonds. The van der Waals surface area contributed by atoms with Crippen molar-refractivity contribution in [2.75, 3.05) is 46.0 Å². The lowest BCUT2D eigenvalue weighted by Crippen LogP contribution is -2.16. The number of hydrogen-bond acceptors (Lipinski definition) is 10. The topological polar surface area (TPSA) is 92.4 Å². The zero-order valence-electron chi connectivity index (χ0n) is 28.0. The zero-order chi connectivity index (χ0) is 34.2. The van der Waals surface area contributed by atoms with E-state index >= 15 is 0 Å². The average Bonchev–Trinajstić information content (AvgIpc) is 3.05. The molecular weight excluding hydrogens is 649 g/mol. The molecule has 10 heteroatoms. The van der Waals surface area contributed by atoms with Gasteiger partial charge in [-0.05, 0) is 87.4 Å². The molecule has 4 aliphatic rings. The van der Waals surface area contributed by atoms with E-state index in [-0.39, 0.29) is 7.43 Å². The third-order valence-electron chi connectivity index (χ3n) is 7.09. The minimum Gasteiger partial charge on any atom is -0.485 e. The fourth-order valence-electron chi connectivity index (χ4n) is 4.75. The largest absolute Gasteiger partial charge is 0.485 e. The van der Waals surface area contributed by atoms with Gasteiger partial charge in [0.15, 0.2) is 11.6 Å². The second-order valence-corrected chi connectivity index (χ2v) is 13.7. The Morgan fingerprint density at radius 2 is 1.04 bits per heavy atom. The highest BCUT2D eigenvalue weighted by Crippen LogP contribution is 2.35. The highest BCUT2D eigenvalue weighted by Gasteiger charge is 2.14. The van der Waals surface area contributed by atoms with Crippen molar-refractivity contribution >= 4 is 46.5 Å². The van der Waals surface area contributed by atoms with E-state index in [2.05, 4.69) is 102 Å². The Bertz CT molecular complexity index is 1600. The molecule has 0 fully saturated rings. The van der Waals surface area contributed by atoms with Gasteiger partial charge < -0.3 is 30.7 Å². The van der Waals surface area contributed by atoms with Gasteiger partial charge in [0, 0.05) is 50.6 Å². The maximum atomic E-state index is 5.43. The van der Waals surface area contributed by atoms with E-state index in [1.54, 1.807) is 11.8 Å². The molecule has 2 aromatic heterocycles. The van der Waals surface area contributed by atoms with Crippen molar-refractivity contribution in [2.45, 2.75) is 44.9 Å². The number of rotatable bonds is 0. The van der Waals surface area contributed by atoms with E-state index in [1.807, 2.05) is 55.9 Å². The van der Waals surface area contributed by atoms with Crippen LogP contribution in [0.4, 0.5) is 23.0 Å². The lowest BCUT2D eigenvalue weighted by molar-refractivity contribution is 0.344. The molecule has 8 nitrogen and oxygen atoms in total. The number of nitrogens with zero attached hydrogens (tertiary/aromatic N) is 2. The number of pyridine rings is 2. The SMILES string of the molecule is C.C=C1COc2ccc(C)cc2N1.C=C1COc2ccc(C)nc2N1.C=C1CSc2ccc(C)cc2N1.C=C1CSc2ccc(C)nc2N1. The first-order valence-electron chi connectivity index (χ1n) is 15.5. The monoisotopic (exact) mass is 694 g/mol.